The Kier molecular flexibility index (Phi) is 3.07. The number of hydrogen-bond acceptors (Lipinski definition) is 0. The van der Waals surface area contributed by atoms with Crippen LogP contribution in [0.15, 0.2) is 60.7 Å². The van der Waals surface area contributed by atoms with Crippen LogP contribution in [-0.4, -0.2) is 13.6 Å². The Balaban J connectivity index is 2.49. The van der Waals surface area contributed by atoms with Crippen molar-refractivity contribution in [2.24, 2.45) is 0 Å². The number of nitrogens with zero attached hydrogens (tertiary/aromatic N) is 1. The molecule has 82 valence electrons. The van der Waals surface area contributed by atoms with Gasteiger partial charge in [0.1, 0.15) is 11.4 Å². The zero-order valence-corrected chi connectivity index (χ0v) is 9.93. The highest BCUT2D eigenvalue weighted by molar-refractivity contribution is 5.57. The topological polar surface area (TPSA) is 0 Å². The Bertz CT molecular complexity index is 394. The van der Waals surface area contributed by atoms with E-state index in [0.29, 0.717) is 0 Å². The molecule has 2 aromatic carbocycles. The Hall–Kier alpha value is -1.60. The summed E-state index contributed by atoms with van der Waals surface area (Å²) in [5.74, 6) is 0. The predicted molar refractivity (Wildman–Crippen MR) is 70.8 cm³/mol. The molecule has 0 N–H and O–H groups in total. The third-order valence-corrected chi connectivity index (χ3v) is 3.28. The summed E-state index contributed by atoms with van der Waals surface area (Å²) in [6, 6.07) is 21.3. The monoisotopic (exact) mass is 212 g/mol. The standard InChI is InChI=1S/C15H18N/c1-3-16(2,14-10-6-4-7-11-14)15-12-8-5-9-13-15/h4-13H,3H2,1-2H3/q+1. The normalized spacial score (nSPS) is 11.4. The molecule has 0 spiro atoms. The molecule has 2 rings (SSSR count). The molecule has 0 amide bonds. The second kappa shape index (κ2) is 4.50. The van der Waals surface area contributed by atoms with Crippen LogP contribution in [0.1, 0.15) is 6.92 Å². The molecule has 2 aromatic rings. The van der Waals surface area contributed by atoms with Gasteiger partial charge in [-0.3, -0.25) is 4.48 Å². The van der Waals surface area contributed by atoms with Crippen molar-refractivity contribution in [3.05, 3.63) is 60.7 Å². The van der Waals surface area contributed by atoms with Crippen LogP contribution in [0.5, 0.6) is 0 Å². The van der Waals surface area contributed by atoms with Gasteiger partial charge >= 0.3 is 0 Å². The van der Waals surface area contributed by atoms with Crippen LogP contribution in [0.2, 0.25) is 0 Å². The van der Waals surface area contributed by atoms with E-state index in [1.165, 1.54) is 11.4 Å². The molecule has 16 heavy (non-hydrogen) atoms. The Morgan fingerprint density at radius 2 is 1.12 bits per heavy atom. The van der Waals surface area contributed by atoms with Crippen molar-refractivity contribution in [3.8, 4) is 0 Å². The summed E-state index contributed by atoms with van der Waals surface area (Å²) in [4.78, 5) is 0. The highest BCUT2D eigenvalue weighted by Gasteiger charge is 2.24. The van der Waals surface area contributed by atoms with Gasteiger partial charge in [0.15, 0.2) is 0 Å². The third kappa shape index (κ3) is 1.86. The first-order chi connectivity index (χ1) is 7.77. The number of hydrogen-bond donors (Lipinski definition) is 0. The van der Waals surface area contributed by atoms with Gasteiger partial charge < -0.3 is 0 Å². The molecule has 0 unspecified atom stereocenters. The second-order valence-electron chi connectivity index (χ2n) is 4.18. The molecule has 0 heterocycles. The van der Waals surface area contributed by atoms with Crippen LogP contribution in [-0.2, 0) is 0 Å². The number of quaternary nitrogens is 1. The zero-order valence-electron chi connectivity index (χ0n) is 9.93. The van der Waals surface area contributed by atoms with Crippen molar-refractivity contribution in [1.82, 2.24) is 4.48 Å². The van der Waals surface area contributed by atoms with Gasteiger partial charge in [-0.05, 0) is 31.2 Å². The molecule has 0 fully saturated rings. The lowest BCUT2D eigenvalue weighted by Crippen LogP contribution is -2.39. The number of para-hydroxylation sites is 2. The summed E-state index contributed by atoms with van der Waals surface area (Å²) in [7, 11) is 2.25. The molecular weight excluding hydrogens is 194 g/mol. The van der Waals surface area contributed by atoms with Crippen LogP contribution in [0, 0.1) is 0 Å². The molecule has 0 aliphatic heterocycles. The van der Waals surface area contributed by atoms with E-state index in [9.17, 15) is 0 Å². The smallest absolute Gasteiger partial charge is 0.137 e. The molecule has 0 aliphatic carbocycles. The maximum absolute atomic E-state index is 2.25. The average Bonchev–Trinajstić information content (AvgIpc) is 2.40. The highest BCUT2D eigenvalue weighted by Crippen LogP contribution is 2.31. The minimum Gasteiger partial charge on any atom is -0.261 e. The van der Waals surface area contributed by atoms with Crippen molar-refractivity contribution < 1.29 is 0 Å². The lowest BCUT2D eigenvalue weighted by atomic mass is 10.2. The van der Waals surface area contributed by atoms with Gasteiger partial charge in [-0.25, -0.2) is 0 Å². The van der Waals surface area contributed by atoms with Crippen LogP contribution < -0.4 is 4.48 Å². The van der Waals surface area contributed by atoms with Gasteiger partial charge in [0.25, 0.3) is 0 Å². The maximum atomic E-state index is 2.25. The fourth-order valence-electron chi connectivity index (χ4n) is 2.03. The minimum atomic E-state index is 0.849. The molecular formula is C15H18N+. The van der Waals surface area contributed by atoms with E-state index >= 15 is 0 Å². The molecule has 1 nitrogen and oxygen atoms in total. The Labute approximate surface area is 97.6 Å². The van der Waals surface area contributed by atoms with Gasteiger partial charge in [0, 0.05) is 0 Å². The van der Waals surface area contributed by atoms with E-state index in [1.54, 1.807) is 0 Å². The van der Waals surface area contributed by atoms with Crippen molar-refractivity contribution in [3.63, 3.8) is 0 Å². The predicted octanol–water partition coefficient (Wildman–Crippen LogP) is 3.98. The lowest BCUT2D eigenvalue weighted by molar-refractivity contribution is 0.482. The Morgan fingerprint density at radius 1 is 0.750 bits per heavy atom. The molecule has 0 saturated heterocycles. The van der Waals surface area contributed by atoms with Crippen molar-refractivity contribution in [1.29, 1.82) is 0 Å². The molecule has 0 atom stereocenters. The van der Waals surface area contributed by atoms with E-state index in [0.717, 1.165) is 11.0 Å². The first kappa shape index (κ1) is 10.9. The summed E-state index contributed by atoms with van der Waals surface area (Å²) < 4.78 is 0.849. The molecule has 0 aromatic heterocycles. The first-order valence-corrected chi connectivity index (χ1v) is 5.74. The second-order valence-corrected chi connectivity index (χ2v) is 4.18. The lowest BCUT2D eigenvalue weighted by Gasteiger charge is -2.32. The van der Waals surface area contributed by atoms with Gasteiger partial charge in [0.05, 0.1) is 13.6 Å². The van der Waals surface area contributed by atoms with Crippen LogP contribution in [0.4, 0.5) is 11.4 Å². The summed E-state index contributed by atoms with van der Waals surface area (Å²) in [6.45, 7) is 3.27. The van der Waals surface area contributed by atoms with E-state index in [2.05, 4.69) is 74.6 Å². The summed E-state index contributed by atoms with van der Waals surface area (Å²) >= 11 is 0. The average molecular weight is 212 g/mol. The summed E-state index contributed by atoms with van der Waals surface area (Å²) in [6.07, 6.45) is 0. The molecule has 0 radical (unpaired) electrons. The maximum Gasteiger partial charge on any atom is 0.137 e. The number of benzene rings is 2. The van der Waals surface area contributed by atoms with Gasteiger partial charge in [-0.2, -0.15) is 0 Å². The van der Waals surface area contributed by atoms with E-state index in [1.807, 2.05) is 0 Å². The van der Waals surface area contributed by atoms with E-state index in [-0.39, 0.29) is 0 Å². The molecule has 0 aliphatic rings. The van der Waals surface area contributed by atoms with Crippen LogP contribution in [0.3, 0.4) is 0 Å². The quantitative estimate of drug-likeness (QED) is 0.675. The summed E-state index contributed by atoms with van der Waals surface area (Å²) in [5.41, 5.74) is 2.66. The van der Waals surface area contributed by atoms with Gasteiger partial charge in [-0.15, -0.1) is 0 Å². The van der Waals surface area contributed by atoms with Crippen molar-refractivity contribution >= 4 is 11.4 Å². The largest absolute Gasteiger partial charge is 0.261 e. The third-order valence-electron chi connectivity index (χ3n) is 3.28. The molecule has 0 bridgehead atoms. The van der Waals surface area contributed by atoms with Crippen LogP contribution >= 0.6 is 0 Å². The molecule has 1 heteroatoms. The van der Waals surface area contributed by atoms with E-state index in [4.69, 9.17) is 0 Å². The highest BCUT2D eigenvalue weighted by atomic mass is 15.3. The zero-order chi connectivity index (χ0) is 11.4. The fraction of sp³-hybridized carbons (Fsp3) is 0.200. The van der Waals surface area contributed by atoms with Crippen molar-refractivity contribution in [2.75, 3.05) is 13.6 Å². The van der Waals surface area contributed by atoms with Crippen LogP contribution in [0.25, 0.3) is 0 Å². The van der Waals surface area contributed by atoms with Crippen molar-refractivity contribution in [2.45, 2.75) is 6.92 Å². The number of rotatable bonds is 3. The first-order valence-electron chi connectivity index (χ1n) is 5.74. The van der Waals surface area contributed by atoms with Gasteiger partial charge in [-0.1, -0.05) is 36.4 Å². The fourth-order valence-corrected chi connectivity index (χ4v) is 2.03. The SMILES string of the molecule is CC[N+](C)(c1ccccc1)c1ccccc1. The summed E-state index contributed by atoms with van der Waals surface area (Å²) in [5, 5.41) is 0. The van der Waals surface area contributed by atoms with E-state index < -0.39 is 0 Å². The Morgan fingerprint density at radius 3 is 1.44 bits per heavy atom. The van der Waals surface area contributed by atoms with Gasteiger partial charge in [0.2, 0.25) is 0 Å². The molecule has 0 saturated carbocycles. The minimum absolute atomic E-state index is 0.849.